The van der Waals surface area contributed by atoms with Crippen molar-refractivity contribution in [2.24, 2.45) is 0 Å². The molecule has 4 rings (SSSR count). The van der Waals surface area contributed by atoms with Crippen LogP contribution < -0.4 is 5.32 Å². The normalized spacial score (nSPS) is 27.6. The van der Waals surface area contributed by atoms with E-state index in [0.717, 1.165) is 5.56 Å². The van der Waals surface area contributed by atoms with Gasteiger partial charge in [-0.25, -0.2) is 4.79 Å². The molecular weight excluding hydrogens is 406 g/mol. The van der Waals surface area contributed by atoms with Gasteiger partial charge >= 0.3 is 5.97 Å². The lowest BCUT2D eigenvalue weighted by molar-refractivity contribution is -0.149. The maximum absolute atomic E-state index is 13.2. The molecular formula is C21H25N3O5S. The van der Waals surface area contributed by atoms with E-state index < -0.39 is 40.7 Å². The third-order valence-electron chi connectivity index (χ3n) is 6.09. The molecule has 1 aromatic rings. The van der Waals surface area contributed by atoms with Crippen molar-refractivity contribution in [1.82, 2.24) is 15.1 Å². The molecule has 0 aliphatic carbocycles. The summed E-state index contributed by atoms with van der Waals surface area (Å²) >= 11 is 1.56. The van der Waals surface area contributed by atoms with Crippen LogP contribution in [0.2, 0.25) is 0 Å². The third-order valence-corrected chi connectivity index (χ3v) is 7.63. The Balaban J connectivity index is 1.52. The number of nitrogens with one attached hydrogen (secondary N) is 1. The predicted molar refractivity (Wildman–Crippen MR) is 111 cm³/mol. The van der Waals surface area contributed by atoms with E-state index in [1.54, 1.807) is 35.7 Å². The van der Waals surface area contributed by atoms with Crippen LogP contribution in [0.3, 0.4) is 0 Å². The van der Waals surface area contributed by atoms with Crippen LogP contribution in [0.5, 0.6) is 0 Å². The predicted octanol–water partition coefficient (Wildman–Crippen LogP) is 1.62. The van der Waals surface area contributed by atoms with E-state index in [1.807, 2.05) is 26.0 Å². The molecule has 3 amide bonds. The van der Waals surface area contributed by atoms with Gasteiger partial charge in [-0.15, -0.1) is 11.8 Å². The summed E-state index contributed by atoms with van der Waals surface area (Å²) < 4.78 is -0.544. The number of carbonyl (C=O) groups is 4. The van der Waals surface area contributed by atoms with Crippen molar-refractivity contribution in [2.45, 2.75) is 61.9 Å². The number of hydrogen-bond donors (Lipinski definition) is 2. The molecule has 1 unspecified atom stereocenters. The van der Waals surface area contributed by atoms with Crippen molar-refractivity contribution in [3.05, 3.63) is 35.4 Å². The molecule has 4 atom stereocenters. The van der Waals surface area contributed by atoms with Gasteiger partial charge in [0, 0.05) is 16.9 Å². The molecule has 2 saturated heterocycles. The van der Waals surface area contributed by atoms with Crippen molar-refractivity contribution in [3.8, 4) is 0 Å². The first-order valence-electron chi connectivity index (χ1n) is 10.1. The maximum Gasteiger partial charge on any atom is 0.326 e. The molecule has 8 nitrogen and oxygen atoms in total. The summed E-state index contributed by atoms with van der Waals surface area (Å²) in [5.41, 5.74) is 1.51. The van der Waals surface area contributed by atoms with Crippen molar-refractivity contribution in [3.63, 3.8) is 0 Å². The number of benzene rings is 1. The van der Waals surface area contributed by atoms with Crippen molar-refractivity contribution in [2.75, 3.05) is 6.54 Å². The lowest BCUT2D eigenvalue weighted by Crippen LogP contribution is -2.57. The van der Waals surface area contributed by atoms with Crippen molar-refractivity contribution < 1.29 is 24.3 Å². The van der Waals surface area contributed by atoms with E-state index in [9.17, 15) is 24.3 Å². The zero-order valence-electron chi connectivity index (χ0n) is 17.1. The Kier molecular flexibility index (Phi) is 5.04. The van der Waals surface area contributed by atoms with Gasteiger partial charge in [-0.05, 0) is 45.2 Å². The van der Waals surface area contributed by atoms with Crippen LogP contribution in [0.4, 0.5) is 0 Å². The molecule has 160 valence electrons. The fourth-order valence-corrected chi connectivity index (χ4v) is 6.28. The zero-order valence-corrected chi connectivity index (χ0v) is 17.9. The number of likely N-dealkylation sites (tertiary alicyclic amines) is 1. The molecule has 2 fully saturated rings. The molecule has 0 saturated carbocycles. The van der Waals surface area contributed by atoms with Gasteiger partial charge in [0.15, 0.2) is 0 Å². The number of carbonyl (C=O) groups excluding carboxylic acids is 3. The lowest BCUT2D eigenvalue weighted by Gasteiger charge is -2.31. The summed E-state index contributed by atoms with van der Waals surface area (Å²) in [6, 6.07) is 4.89. The second-order valence-electron chi connectivity index (χ2n) is 8.53. The number of rotatable bonds is 4. The fourth-order valence-electron chi connectivity index (χ4n) is 4.69. The lowest BCUT2D eigenvalue weighted by atomic mass is 10.0. The van der Waals surface area contributed by atoms with Crippen LogP contribution in [0, 0.1) is 0 Å². The Morgan fingerprint density at radius 1 is 1.27 bits per heavy atom. The second kappa shape index (κ2) is 7.30. The number of amides is 3. The van der Waals surface area contributed by atoms with Gasteiger partial charge in [-0.1, -0.05) is 18.2 Å². The first-order chi connectivity index (χ1) is 14.1. The summed E-state index contributed by atoms with van der Waals surface area (Å²) in [5.74, 6) is -2.03. The number of carboxylic acids is 1. The van der Waals surface area contributed by atoms with Gasteiger partial charge < -0.3 is 20.2 Å². The molecule has 0 bridgehead atoms. The Morgan fingerprint density at radius 3 is 2.67 bits per heavy atom. The average Bonchev–Trinajstić information content (AvgIpc) is 3.34. The summed E-state index contributed by atoms with van der Waals surface area (Å²) in [7, 11) is 0. The van der Waals surface area contributed by atoms with Gasteiger partial charge in [0.1, 0.15) is 23.5 Å². The molecule has 3 heterocycles. The number of carboxylic acid groups (broad SMARTS) is 1. The topological polar surface area (TPSA) is 107 Å². The number of nitrogens with zero attached hydrogens (tertiary/aromatic N) is 2. The highest BCUT2D eigenvalue weighted by molar-refractivity contribution is 8.01. The minimum atomic E-state index is -1.03. The van der Waals surface area contributed by atoms with Gasteiger partial charge in [-0.2, -0.15) is 0 Å². The monoisotopic (exact) mass is 431 g/mol. The molecule has 0 aromatic heterocycles. The minimum Gasteiger partial charge on any atom is -0.480 e. The van der Waals surface area contributed by atoms with Crippen LogP contribution in [0.25, 0.3) is 0 Å². The van der Waals surface area contributed by atoms with E-state index >= 15 is 0 Å². The van der Waals surface area contributed by atoms with Crippen molar-refractivity contribution in [1.29, 1.82) is 0 Å². The van der Waals surface area contributed by atoms with E-state index in [4.69, 9.17) is 0 Å². The standard InChI is InChI=1S/C21H25N3O5S/c1-11(17(26)23-10-6-9-14(23)20(28)29)22-16(25)15-21(2,3)30-19-13-8-5-4-7-12(13)18(27)24(15)19/h4-5,7-8,11,14-15,19H,6,9-10H2,1-3H3,(H,22,25)(H,28,29)/t11-,14+,15+,19?/m0/s1. The molecule has 3 aliphatic rings. The van der Waals surface area contributed by atoms with Gasteiger partial charge in [-0.3, -0.25) is 14.4 Å². The Bertz CT molecular complexity index is 933. The highest BCUT2D eigenvalue weighted by Gasteiger charge is 2.57. The Morgan fingerprint density at radius 2 is 1.97 bits per heavy atom. The van der Waals surface area contributed by atoms with Crippen LogP contribution in [-0.2, 0) is 14.4 Å². The molecule has 0 radical (unpaired) electrons. The van der Waals surface area contributed by atoms with Crippen LogP contribution in [0.15, 0.2) is 24.3 Å². The zero-order chi connectivity index (χ0) is 21.8. The first kappa shape index (κ1) is 20.7. The van der Waals surface area contributed by atoms with Crippen molar-refractivity contribution >= 4 is 35.5 Å². The highest BCUT2D eigenvalue weighted by Crippen LogP contribution is 2.56. The Labute approximate surface area is 179 Å². The minimum absolute atomic E-state index is 0.182. The van der Waals surface area contributed by atoms with E-state index in [-0.39, 0.29) is 11.3 Å². The third kappa shape index (κ3) is 3.15. The average molecular weight is 432 g/mol. The molecule has 3 aliphatic heterocycles. The van der Waals surface area contributed by atoms with Crippen LogP contribution in [0.1, 0.15) is 54.9 Å². The van der Waals surface area contributed by atoms with Crippen LogP contribution in [-0.4, -0.2) is 68.0 Å². The summed E-state index contributed by atoms with van der Waals surface area (Å²) in [6.45, 7) is 5.76. The van der Waals surface area contributed by atoms with E-state index in [1.165, 1.54) is 4.90 Å². The van der Waals surface area contributed by atoms with Gasteiger partial charge in [0.25, 0.3) is 5.91 Å². The Hall–Kier alpha value is -2.55. The molecule has 30 heavy (non-hydrogen) atoms. The quantitative estimate of drug-likeness (QED) is 0.750. The van der Waals surface area contributed by atoms with Gasteiger partial charge in [0.05, 0.1) is 0 Å². The molecule has 1 aromatic carbocycles. The number of hydrogen-bond acceptors (Lipinski definition) is 5. The smallest absolute Gasteiger partial charge is 0.326 e. The van der Waals surface area contributed by atoms with E-state index in [0.29, 0.717) is 24.9 Å². The first-order valence-corrected chi connectivity index (χ1v) is 10.9. The highest BCUT2D eigenvalue weighted by atomic mass is 32.2. The summed E-state index contributed by atoms with van der Waals surface area (Å²) in [6.07, 6.45) is 1.04. The van der Waals surface area contributed by atoms with E-state index in [2.05, 4.69) is 5.32 Å². The number of aliphatic carboxylic acids is 1. The summed E-state index contributed by atoms with van der Waals surface area (Å²) in [5, 5.41) is 11.8. The molecule has 2 N–H and O–H groups in total. The maximum atomic E-state index is 13.2. The fraction of sp³-hybridized carbons (Fsp3) is 0.524. The SMILES string of the molecule is C[C@H](NC(=O)[C@H]1N2C(=O)c3ccccc3C2SC1(C)C)C(=O)N1CCC[C@@H]1C(=O)O. The molecule has 0 spiro atoms. The van der Waals surface area contributed by atoms with Gasteiger partial charge in [0.2, 0.25) is 11.8 Å². The number of fused-ring (bicyclic) bond motifs is 3. The number of thioether (sulfide) groups is 1. The van der Waals surface area contributed by atoms with Crippen LogP contribution >= 0.6 is 11.8 Å². The molecule has 9 heteroatoms. The second-order valence-corrected chi connectivity index (χ2v) is 10.3. The largest absolute Gasteiger partial charge is 0.480 e. The summed E-state index contributed by atoms with van der Waals surface area (Å²) in [4.78, 5) is 53.4.